The van der Waals surface area contributed by atoms with Gasteiger partial charge < -0.3 is 0 Å². The molecule has 0 aliphatic rings. The van der Waals surface area contributed by atoms with E-state index in [4.69, 9.17) is 46.4 Å². The average molecular weight is 248 g/mol. The molecule has 0 saturated carbocycles. The smallest absolute Gasteiger partial charge is 0.0800 e. The van der Waals surface area contributed by atoms with Crippen LogP contribution in [0.15, 0.2) is 6.07 Å². The minimum absolute atomic E-state index is 0.296. The molecule has 1 rings (SSSR count). The molecular weight excluding hydrogens is 245 g/mol. The molecule has 0 aromatic heterocycles. The monoisotopic (exact) mass is 246 g/mol. The predicted octanol–water partition coefficient (Wildman–Crippen LogP) is 3.80. The summed E-state index contributed by atoms with van der Waals surface area (Å²) in [6.07, 6.45) is 0. The normalized spacial score (nSPS) is 10.3. The first-order chi connectivity index (χ1) is 5.04. The van der Waals surface area contributed by atoms with E-state index < -0.39 is 0 Å². The van der Waals surface area contributed by atoms with Gasteiger partial charge in [0.2, 0.25) is 0 Å². The summed E-state index contributed by atoms with van der Waals surface area (Å²) in [6.45, 7) is 0. The average Bonchev–Trinajstić information content (AvgIpc) is 1.97. The van der Waals surface area contributed by atoms with Crippen molar-refractivity contribution in [2.45, 2.75) is 0 Å². The van der Waals surface area contributed by atoms with Crippen molar-refractivity contribution >= 4 is 60.9 Å². The molecule has 60 valence electrons. The summed E-state index contributed by atoms with van der Waals surface area (Å²) < 4.78 is 0. The van der Waals surface area contributed by atoms with Crippen molar-refractivity contribution in [1.29, 1.82) is 0 Å². The third-order valence-corrected chi connectivity index (χ3v) is 3.54. The highest BCUT2D eigenvalue weighted by molar-refractivity contribution is 7.28. The van der Waals surface area contributed by atoms with Crippen molar-refractivity contribution < 1.29 is 0 Å². The van der Waals surface area contributed by atoms with Crippen molar-refractivity contribution in [3.63, 3.8) is 0 Å². The molecule has 0 amide bonds. The van der Waals surface area contributed by atoms with E-state index in [9.17, 15) is 0 Å². The van der Waals surface area contributed by atoms with Crippen molar-refractivity contribution in [3.05, 3.63) is 26.2 Å². The van der Waals surface area contributed by atoms with Gasteiger partial charge in [-0.05, 0) is 11.4 Å². The SMILES string of the molecule is Pc1cc(Cl)c(Cl)c(Cl)c1Cl. The largest absolute Gasteiger partial charge is 0.104 e. The Labute approximate surface area is 87.0 Å². The molecule has 0 N–H and O–H groups in total. The van der Waals surface area contributed by atoms with E-state index in [1.807, 2.05) is 0 Å². The van der Waals surface area contributed by atoms with Gasteiger partial charge in [-0.3, -0.25) is 0 Å². The van der Waals surface area contributed by atoms with Gasteiger partial charge in [-0.25, -0.2) is 0 Å². The molecule has 0 heterocycles. The van der Waals surface area contributed by atoms with Gasteiger partial charge in [0.15, 0.2) is 0 Å². The van der Waals surface area contributed by atoms with Gasteiger partial charge >= 0.3 is 0 Å². The molecule has 0 bridgehead atoms. The molecule has 0 fully saturated rings. The quantitative estimate of drug-likeness (QED) is 0.372. The van der Waals surface area contributed by atoms with E-state index in [2.05, 4.69) is 9.24 Å². The second-order valence-corrected chi connectivity index (χ2v) is 4.05. The van der Waals surface area contributed by atoms with Gasteiger partial charge in [-0.1, -0.05) is 46.4 Å². The van der Waals surface area contributed by atoms with Gasteiger partial charge in [-0.15, -0.1) is 9.24 Å². The zero-order valence-electron chi connectivity index (χ0n) is 5.17. The van der Waals surface area contributed by atoms with Crippen LogP contribution in [0.5, 0.6) is 0 Å². The standard InChI is InChI=1S/C6H3Cl4P/c7-2-1-3(11)5(9)6(10)4(2)8/h1H,11H2. The maximum absolute atomic E-state index is 5.76. The summed E-state index contributed by atoms with van der Waals surface area (Å²) in [6, 6.07) is 1.64. The van der Waals surface area contributed by atoms with E-state index >= 15 is 0 Å². The van der Waals surface area contributed by atoms with E-state index in [0.717, 1.165) is 5.30 Å². The van der Waals surface area contributed by atoms with Crippen LogP contribution in [0.1, 0.15) is 0 Å². The molecule has 1 unspecified atom stereocenters. The van der Waals surface area contributed by atoms with Crippen LogP contribution in [-0.2, 0) is 0 Å². The fourth-order valence-electron chi connectivity index (χ4n) is 0.591. The summed E-state index contributed by atoms with van der Waals surface area (Å²) in [5.41, 5.74) is 0. The van der Waals surface area contributed by atoms with Gasteiger partial charge in [0.05, 0.1) is 20.1 Å². The minimum Gasteiger partial charge on any atom is -0.104 e. The van der Waals surface area contributed by atoms with Gasteiger partial charge in [0.1, 0.15) is 0 Å². The Bertz CT molecular complexity index is 271. The van der Waals surface area contributed by atoms with Crippen LogP contribution in [0.2, 0.25) is 20.1 Å². The Morgan fingerprint density at radius 2 is 1.45 bits per heavy atom. The molecule has 0 nitrogen and oxygen atoms in total. The summed E-state index contributed by atoms with van der Waals surface area (Å²) in [4.78, 5) is 0. The molecule has 0 spiro atoms. The molecule has 0 aliphatic heterocycles. The fraction of sp³-hybridized carbons (Fsp3) is 0. The molecule has 1 aromatic carbocycles. The van der Waals surface area contributed by atoms with Crippen LogP contribution in [0, 0.1) is 0 Å². The van der Waals surface area contributed by atoms with E-state index in [-0.39, 0.29) is 0 Å². The Morgan fingerprint density at radius 1 is 0.909 bits per heavy atom. The lowest BCUT2D eigenvalue weighted by Crippen LogP contribution is -1.93. The van der Waals surface area contributed by atoms with Crippen LogP contribution in [-0.4, -0.2) is 0 Å². The molecule has 1 aromatic rings. The molecule has 1 atom stereocenters. The third-order valence-electron chi connectivity index (χ3n) is 1.13. The third kappa shape index (κ3) is 1.94. The lowest BCUT2D eigenvalue weighted by molar-refractivity contribution is 1.76. The van der Waals surface area contributed by atoms with Crippen molar-refractivity contribution in [1.82, 2.24) is 0 Å². The molecular formula is C6H3Cl4P. The highest BCUT2D eigenvalue weighted by Crippen LogP contribution is 2.34. The number of halogens is 4. The van der Waals surface area contributed by atoms with E-state index in [1.165, 1.54) is 0 Å². The second kappa shape index (κ2) is 3.68. The van der Waals surface area contributed by atoms with E-state index in [1.54, 1.807) is 6.07 Å². The van der Waals surface area contributed by atoms with E-state index in [0.29, 0.717) is 20.1 Å². The van der Waals surface area contributed by atoms with Crippen LogP contribution < -0.4 is 5.30 Å². The Kier molecular flexibility index (Phi) is 3.31. The zero-order chi connectivity index (χ0) is 8.59. The van der Waals surface area contributed by atoms with Crippen molar-refractivity contribution in [3.8, 4) is 0 Å². The fourth-order valence-corrected chi connectivity index (χ4v) is 1.92. The molecule has 0 aliphatic carbocycles. The topological polar surface area (TPSA) is 0 Å². The lowest BCUT2D eigenvalue weighted by atomic mass is 10.3. The number of hydrogen-bond acceptors (Lipinski definition) is 0. The minimum atomic E-state index is 0.296. The molecule has 11 heavy (non-hydrogen) atoms. The van der Waals surface area contributed by atoms with Gasteiger partial charge in [0.25, 0.3) is 0 Å². The zero-order valence-corrected chi connectivity index (χ0v) is 9.34. The Hall–Kier alpha value is 0.810. The molecule has 0 radical (unpaired) electrons. The molecule has 0 saturated heterocycles. The summed E-state index contributed by atoms with van der Waals surface area (Å²) in [5.74, 6) is 0. The summed E-state index contributed by atoms with van der Waals surface area (Å²) >= 11 is 22.9. The maximum Gasteiger partial charge on any atom is 0.0800 e. The molecule has 5 heteroatoms. The van der Waals surface area contributed by atoms with Crippen LogP contribution >= 0.6 is 55.6 Å². The highest BCUT2D eigenvalue weighted by Gasteiger charge is 2.09. The first kappa shape index (κ1) is 9.89. The van der Waals surface area contributed by atoms with Gasteiger partial charge in [-0.2, -0.15) is 0 Å². The van der Waals surface area contributed by atoms with Crippen LogP contribution in [0.25, 0.3) is 0 Å². The second-order valence-electron chi connectivity index (χ2n) is 1.89. The van der Waals surface area contributed by atoms with Crippen LogP contribution in [0.4, 0.5) is 0 Å². The van der Waals surface area contributed by atoms with Crippen molar-refractivity contribution in [2.75, 3.05) is 0 Å². The summed E-state index contributed by atoms with van der Waals surface area (Å²) in [7, 11) is 2.42. The lowest BCUT2D eigenvalue weighted by Gasteiger charge is -2.03. The Morgan fingerprint density at radius 3 is 2.00 bits per heavy atom. The number of hydrogen-bond donors (Lipinski definition) is 0. The highest BCUT2D eigenvalue weighted by atomic mass is 35.5. The first-order valence-electron chi connectivity index (χ1n) is 2.62. The first-order valence-corrected chi connectivity index (χ1v) is 4.71. The predicted molar refractivity (Wildman–Crippen MR) is 55.8 cm³/mol. The Balaban J connectivity index is 3.46. The number of benzene rings is 1. The van der Waals surface area contributed by atoms with Crippen LogP contribution in [0.3, 0.4) is 0 Å². The summed E-state index contributed by atoms with van der Waals surface area (Å²) in [5, 5.41) is 2.17. The van der Waals surface area contributed by atoms with Crippen molar-refractivity contribution in [2.24, 2.45) is 0 Å². The maximum atomic E-state index is 5.76. The number of rotatable bonds is 0. The van der Waals surface area contributed by atoms with Gasteiger partial charge in [0, 0.05) is 0 Å².